The van der Waals surface area contributed by atoms with Crippen LogP contribution in [0.1, 0.15) is 28.3 Å². The molecule has 8 nitrogen and oxygen atoms in total. The number of hydrogen-bond donors (Lipinski definition) is 4. The van der Waals surface area contributed by atoms with Gasteiger partial charge in [0.15, 0.2) is 6.19 Å². The highest BCUT2D eigenvalue weighted by atomic mass is 19.4. The number of guanidine groups is 1. The Morgan fingerprint density at radius 3 is 2.50 bits per heavy atom. The van der Waals surface area contributed by atoms with Crippen molar-refractivity contribution in [3.8, 4) is 12.3 Å². The number of anilines is 3. The number of pyridine rings is 1. The molecule has 0 fully saturated rings. The summed E-state index contributed by atoms with van der Waals surface area (Å²) in [6.45, 7) is 0. The van der Waals surface area contributed by atoms with Gasteiger partial charge >= 0.3 is 6.18 Å². The van der Waals surface area contributed by atoms with E-state index in [4.69, 9.17) is 16.7 Å². The minimum atomic E-state index is -4.87. The van der Waals surface area contributed by atoms with Crippen molar-refractivity contribution in [1.29, 1.82) is 10.5 Å². The van der Waals surface area contributed by atoms with Gasteiger partial charge in [-0.1, -0.05) is 6.07 Å². The zero-order valence-corrected chi connectivity index (χ0v) is 13.8. The van der Waals surface area contributed by atoms with Crippen molar-refractivity contribution < 1.29 is 17.6 Å². The monoisotopic (exact) mass is 390 g/mol. The third-order valence-corrected chi connectivity index (χ3v) is 3.97. The molecule has 12 heteroatoms. The quantitative estimate of drug-likeness (QED) is 0.331. The van der Waals surface area contributed by atoms with E-state index in [0.29, 0.717) is 12.1 Å². The van der Waals surface area contributed by atoms with E-state index in [1.807, 2.05) is 0 Å². The molecule has 0 spiro atoms. The van der Waals surface area contributed by atoms with Crippen LogP contribution in [0.3, 0.4) is 0 Å². The van der Waals surface area contributed by atoms with E-state index in [1.54, 1.807) is 12.3 Å². The van der Waals surface area contributed by atoms with E-state index < -0.39 is 23.6 Å². The van der Waals surface area contributed by atoms with Crippen LogP contribution in [-0.4, -0.2) is 10.9 Å². The molecule has 1 unspecified atom stereocenters. The summed E-state index contributed by atoms with van der Waals surface area (Å²) >= 11 is 0. The van der Waals surface area contributed by atoms with Crippen molar-refractivity contribution >= 4 is 23.3 Å². The summed E-state index contributed by atoms with van der Waals surface area (Å²) in [7, 11) is 0. The second-order valence-corrected chi connectivity index (χ2v) is 5.64. The molecule has 1 aromatic heterocycles. The number of nitrogens with one attached hydrogen (secondary N) is 2. The summed E-state index contributed by atoms with van der Waals surface area (Å²) in [6, 6.07) is 2.92. The number of rotatable bonds is 1. The average Bonchev–Trinajstić information content (AvgIpc) is 2.60. The number of aliphatic imine (C=N–C) groups is 1. The van der Waals surface area contributed by atoms with Crippen LogP contribution in [-0.2, 0) is 6.18 Å². The molecule has 0 saturated heterocycles. The summed E-state index contributed by atoms with van der Waals surface area (Å²) in [5.41, 5.74) is 10.1. The number of nitrogens with two attached hydrogens (primary N) is 2. The van der Waals surface area contributed by atoms with Gasteiger partial charge in [-0.2, -0.15) is 23.7 Å². The summed E-state index contributed by atoms with van der Waals surface area (Å²) < 4.78 is 52.5. The Morgan fingerprint density at radius 2 is 1.93 bits per heavy atom. The van der Waals surface area contributed by atoms with Gasteiger partial charge < -0.3 is 16.8 Å². The largest absolute Gasteiger partial charge is 0.419 e. The minimum Gasteiger partial charge on any atom is -0.397 e. The third kappa shape index (κ3) is 3.07. The number of benzene rings is 1. The number of fused-ring (bicyclic) bond motifs is 1. The first kappa shape index (κ1) is 18.7. The molecule has 1 atom stereocenters. The van der Waals surface area contributed by atoms with E-state index in [-0.39, 0.29) is 40.0 Å². The smallest absolute Gasteiger partial charge is 0.397 e. The van der Waals surface area contributed by atoms with Gasteiger partial charge in [-0.05, 0) is 17.7 Å². The topological polar surface area (TPSA) is 149 Å². The number of nitrogens with zero attached hydrogens (tertiary/aromatic N) is 4. The molecule has 0 radical (unpaired) electrons. The molecule has 2 heterocycles. The Morgan fingerprint density at radius 1 is 1.21 bits per heavy atom. The molecule has 2 aromatic rings. The lowest BCUT2D eigenvalue weighted by molar-refractivity contribution is -0.140. The van der Waals surface area contributed by atoms with E-state index >= 15 is 0 Å². The fourth-order valence-electron chi connectivity index (χ4n) is 2.75. The number of halogens is 4. The van der Waals surface area contributed by atoms with Crippen LogP contribution in [0, 0.1) is 28.6 Å². The third-order valence-electron chi connectivity index (χ3n) is 3.97. The molecule has 0 aliphatic carbocycles. The van der Waals surface area contributed by atoms with Crippen molar-refractivity contribution in [3.63, 3.8) is 0 Å². The molecule has 0 amide bonds. The maximum absolute atomic E-state index is 14.1. The van der Waals surface area contributed by atoms with Crippen LogP contribution in [0.15, 0.2) is 23.2 Å². The number of aromatic nitrogens is 1. The summed E-state index contributed by atoms with van der Waals surface area (Å²) in [4.78, 5) is 8.13. The van der Waals surface area contributed by atoms with E-state index in [1.165, 1.54) is 0 Å². The van der Waals surface area contributed by atoms with Gasteiger partial charge in [-0.3, -0.25) is 5.32 Å². The van der Waals surface area contributed by atoms with E-state index in [2.05, 4.69) is 20.6 Å². The number of nitrogen functional groups attached to an aromatic ring is 2. The van der Waals surface area contributed by atoms with Gasteiger partial charge in [-0.15, -0.1) is 0 Å². The summed E-state index contributed by atoms with van der Waals surface area (Å²) in [5.74, 6) is -1.76. The molecule has 0 saturated carbocycles. The predicted molar refractivity (Wildman–Crippen MR) is 90.8 cm³/mol. The van der Waals surface area contributed by atoms with Gasteiger partial charge in [0, 0.05) is 5.56 Å². The zero-order chi connectivity index (χ0) is 20.6. The first-order chi connectivity index (χ1) is 13.2. The average molecular weight is 390 g/mol. The fourth-order valence-corrected chi connectivity index (χ4v) is 2.75. The lowest BCUT2D eigenvalue weighted by Gasteiger charge is -2.26. The maximum Gasteiger partial charge on any atom is 0.419 e. The molecule has 28 heavy (non-hydrogen) atoms. The summed E-state index contributed by atoms with van der Waals surface area (Å²) in [6.07, 6.45) is -3.24. The second kappa shape index (κ2) is 6.59. The summed E-state index contributed by atoms with van der Waals surface area (Å²) in [5, 5.41) is 22.9. The number of hydrogen-bond acceptors (Lipinski definition) is 8. The van der Waals surface area contributed by atoms with Crippen molar-refractivity contribution in [1.82, 2.24) is 10.3 Å². The molecule has 1 aliphatic rings. The van der Waals surface area contributed by atoms with Gasteiger partial charge in [0.25, 0.3) is 0 Å². The van der Waals surface area contributed by atoms with Crippen LogP contribution in [0.2, 0.25) is 0 Å². The molecular weight excluding hydrogens is 380 g/mol. The van der Waals surface area contributed by atoms with Crippen molar-refractivity contribution in [2.75, 3.05) is 16.8 Å². The van der Waals surface area contributed by atoms with Crippen LogP contribution in [0.5, 0.6) is 0 Å². The second-order valence-electron chi connectivity index (χ2n) is 5.64. The Labute approximate surface area is 155 Å². The van der Waals surface area contributed by atoms with E-state index in [9.17, 15) is 22.8 Å². The highest BCUT2D eigenvalue weighted by Crippen LogP contribution is 2.41. The zero-order valence-electron chi connectivity index (χ0n) is 13.8. The molecule has 1 aromatic carbocycles. The fraction of sp³-hybridized carbons (Fsp3) is 0.125. The minimum absolute atomic E-state index is 0.00708. The maximum atomic E-state index is 14.1. The number of nitriles is 2. The predicted octanol–water partition coefficient (Wildman–Crippen LogP) is 2.22. The van der Waals surface area contributed by atoms with Crippen LogP contribution < -0.4 is 22.1 Å². The highest BCUT2D eigenvalue weighted by molar-refractivity contribution is 5.98. The van der Waals surface area contributed by atoms with Crippen LogP contribution in [0.4, 0.5) is 34.9 Å². The molecular formula is C16H10F4N8. The Kier molecular flexibility index (Phi) is 4.41. The van der Waals surface area contributed by atoms with Gasteiger partial charge in [0.1, 0.15) is 35.1 Å². The van der Waals surface area contributed by atoms with Crippen LogP contribution in [0.25, 0.3) is 0 Å². The Bertz CT molecular complexity index is 1080. The van der Waals surface area contributed by atoms with Gasteiger partial charge in [0.2, 0.25) is 5.96 Å². The lowest BCUT2D eigenvalue weighted by Crippen LogP contribution is -2.32. The van der Waals surface area contributed by atoms with Crippen molar-refractivity contribution in [3.05, 3.63) is 46.3 Å². The van der Waals surface area contributed by atoms with Gasteiger partial charge in [0.05, 0.1) is 11.3 Å². The molecule has 3 rings (SSSR count). The molecule has 142 valence electrons. The normalized spacial score (nSPS) is 15.5. The van der Waals surface area contributed by atoms with Crippen LogP contribution >= 0.6 is 0 Å². The van der Waals surface area contributed by atoms with E-state index in [0.717, 1.165) is 6.07 Å². The van der Waals surface area contributed by atoms with Gasteiger partial charge in [-0.25, -0.2) is 14.4 Å². The lowest BCUT2D eigenvalue weighted by atomic mass is 9.94. The SMILES string of the molecule is N#CNC1=NC(c2ccc(C(F)(F)F)c(F)c2)c2c(nc(N)c(C#N)c2N)N1. The standard InChI is InChI=1S/C16H10F4N8/c17-9-3-6(1-2-8(9)16(18,19)20)12-10-11(23)7(4-21)13(24)27-14(10)28-15(26-12)25-5-22/h1-3,12H,(H6,23,24,25,26,27,28). The first-order valence-electron chi connectivity index (χ1n) is 7.52. The Hall–Kier alpha value is -4.06. The van der Waals surface area contributed by atoms with Crippen molar-refractivity contribution in [2.45, 2.75) is 12.2 Å². The number of alkyl halides is 3. The highest BCUT2D eigenvalue weighted by Gasteiger charge is 2.35. The first-order valence-corrected chi connectivity index (χ1v) is 7.52. The molecule has 1 aliphatic heterocycles. The Balaban J connectivity index is 2.22. The molecule has 0 bridgehead atoms. The molecule has 6 N–H and O–H groups in total. The van der Waals surface area contributed by atoms with Crippen molar-refractivity contribution in [2.24, 2.45) is 4.99 Å².